The number of carbonyl (C=O) groups is 5. The lowest BCUT2D eigenvalue weighted by molar-refractivity contribution is -0.172. The van der Waals surface area contributed by atoms with Crippen LogP contribution in [0.25, 0.3) is 0 Å². The first-order chi connectivity index (χ1) is 26.1. The van der Waals surface area contributed by atoms with E-state index in [9.17, 15) is 41.5 Å². The van der Waals surface area contributed by atoms with Crippen molar-refractivity contribution >= 4 is 29.4 Å². The molecule has 6 atom stereocenters. The molecule has 0 aromatic heterocycles. The van der Waals surface area contributed by atoms with Gasteiger partial charge in [-0.3, -0.25) is 28.9 Å². The van der Waals surface area contributed by atoms with Gasteiger partial charge in [-0.1, -0.05) is 66.2 Å². The largest absolute Gasteiger partial charge is 0.379 e. The van der Waals surface area contributed by atoms with Crippen LogP contribution in [0.2, 0.25) is 0 Å². The molecule has 2 saturated heterocycles. The summed E-state index contributed by atoms with van der Waals surface area (Å²) in [6.07, 6.45) is -1.83. The van der Waals surface area contributed by atoms with Crippen LogP contribution in [0, 0.1) is 6.92 Å². The first-order valence-electron chi connectivity index (χ1n) is 17.7. The maximum Gasteiger partial charge on any atom is 0.345 e. The normalized spacial score (nSPS) is 19.5. The lowest BCUT2D eigenvalue weighted by Crippen LogP contribution is -2.62. The minimum absolute atomic E-state index is 0.111. The lowest BCUT2D eigenvalue weighted by atomic mass is 10.00. The van der Waals surface area contributed by atoms with Crippen molar-refractivity contribution in [1.82, 2.24) is 26.2 Å². The van der Waals surface area contributed by atoms with Crippen LogP contribution in [0.3, 0.4) is 0 Å². The van der Waals surface area contributed by atoms with E-state index in [1.165, 1.54) is 12.5 Å². The Morgan fingerprint density at radius 2 is 1.38 bits per heavy atom. The van der Waals surface area contributed by atoms with Crippen molar-refractivity contribution in [2.75, 3.05) is 46.1 Å². The second-order valence-corrected chi connectivity index (χ2v) is 13.2. The van der Waals surface area contributed by atoms with Crippen LogP contribution in [-0.2, 0) is 49.3 Å². The maximum atomic E-state index is 13.6. The first-order valence-corrected chi connectivity index (χ1v) is 17.7. The number of amides is 4. The SMILES string of the molecule is CC(NC(=O)[C@H](Cc1ccccc1)NC(=O)C(NC(=O)[C@H](COC(F)F)NC(=O)CN1CCOCC1)[C@@H](C)OC(F)F)C(=O)[C@@]1(C)CO1.Cc1ccccc1. The van der Waals surface area contributed by atoms with Crippen molar-refractivity contribution in [3.8, 4) is 0 Å². The molecule has 2 aromatic rings. The highest BCUT2D eigenvalue weighted by atomic mass is 19.3. The molecule has 304 valence electrons. The van der Waals surface area contributed by atoms with Gasteiger partial charge in [-0.05, 0) is 33.3 Å². The molecule has 2 aromatic carbocycles. The quantitative estimate of drug-likeness (QED) is 0.121. The van der Waals surface area contributed by atoms with Gasteiger partial charge in [-0.25, -0.2) is 0 Å². The fourth-order valence-electron chi connectivity index (χ4n) is 5.39. The van der Waals surface area contributed by atoms with E-state index < -0.39 is 85.1 Å². The topological polar surface area (TPSA) is 177 Å². The Hall–Kier alpha value is -4.49. The molecule has 14 nitrogen and oxygen atoms in total. The number of rotatable bonds is 19. The zero-order valence-corrected chi connectivity index (χ0v) is 31.1. The second-order valence-electron chi connectivity index (χ2n) is 13.2. The number of nitrogens with one attached hydrogen (secondary N) is 4. The number of ketones is 1. The van der Waals surface area contributed by atoms with Crippen LogP contribution in [0.1, 0.15) is 31.9 Å². The number of Topliss-reactive ketones (excluding diaryl/α,β-unsaturated/α-hetero) is 1. The Morgan fingerprint density at radius 3 is 1.91 bits per heavy atom. The molecule has 0 spiro atoms. The van der Waals surface area contributed by atoms with Gasteiger partial charge in [0.05, 0.1) is 45.1 Å². The predicted molar refractivity (Wildman–Crippen MR) is 190 cm³/mol. The van der Waals surface area contributed by atoms with Gasteiger partial charge in [0.25, 0.3) is 0 Å². The van der Waals surface area contributed by atoms with Gasteiger partial charge in [0.15, 0.2) is 5.78 Å². The van der Waals surface area contributed by atoms with E-state index in [0.29, 0.717) is 31.9 Å². The summed E-state index contributed by atoms with van der Waals surface area (Å²) in [5.74, 6) is -4.32. The average Bonchev–Trinajstić information content (AvgIpc) is 3.90. The Bertz CT molecular complexity index is 1530. The molecule has 55 heavy (non-hydrogen) atoms. The summed E-state index contributed by atoms with van der Waals surface area (Å²) >= 11 is 0. The number of hydrogen-bond donors (Lipinski definition) is 4. The third-order valence-electron chi connectivity index (χ3n) is 8.59. The van der Waals surface area contributed by atoms with E-state index in [-0.39, 0.29) is 19.6 Å². The van der Waals surface area contributed by atoms with Crippen LogP contribution in [0.15, 0.2) is 60.7 Å². The molecule has 0 radical (unpaired) electrons. The van der Waals surface area contributed by atoms with Gasteiger partial charge >= 0.3 is 13.2 Å². The third-order valence-corrected chi connectivity index (χ3v) is 8.59. The van der Waals surface area contributed by atoms with E-state index in [2.05, 4.69) is 49.8 Å². The summed E-state index contributed by atoms with van der Waals surface area (Å²) in [7, 11) is 0. The van der Waals surface area contributed by atoms with Gasteiger partial charge in [-0.2, -0.15) is 17.6 Å². The highest BCUT2D eigenvalue weighted by Gasteiger charge is 2.49. The van der Waals surface area contributed by atoms with Crippen molar-refractivity contribution in [2.24, 2.45) is 0 Å². The van der Waals surface area contributed by atoms with E-state index in [1.807, 2.05) is 18.2 Å². The van der Waals surface area contributed by atoms with E-state index >= 15 is 0 Å². The monoisotopic (exact) mass is 783 g/mol. The number of nitrogens with zero attached hydrogens (tertiary/aromatic N) is 1. The molecule has 2 heterocycles. The van der Waals surface area contributed by atoms with Gasteiger partial charge in [0, 0.05) is 19.5 Å². The Kier molecular flexibility index (Phi) is 18.1. The molecular formula is C37H49F4N5O9. The van der Waals surface area contributed by atoms with Crippen molar-refractivity contribution in [2.45, 2.75) is 83.2 Å². The Morgan fingerprint density at radius 1 is 0.800 bits per heavy atom. The van der Waals surface area contributed by atoms with Gasteiger partial charge in [0.2, 0.25) is 23.6 Å². The van der Waals surface area contributed by atoms with Gasteiger partial charge in [-0.15, -0.1) is 0 Å². The highest BCUT2D eigenvalue weighted by molar-refractivity contribution is 5.98. The summed E-state index contributed by atoms with van der Waals surface area (Å²) < 4.78 is 71.4. The number of ether oxygens (including phenoxy) is 4. The molecule has 0 bridgehead atoms. The molecule has 4 N–H and O–H groups in total. The van der Waals surface area contributed by atoms with E-state index in [4.69, 9.17) is 9.47 Å². The average molecular weight is 784 g/mol. The van der Waals surface area contributed by atoms with Crippen LogP contribution in [0.4, 0.5) is 17.6 Å². The number of hydrogen-bond acceptors (Lipinski definition) is 10. The van der Waals surface area contributed by atoms with Crippen molar-refractivity contribution in [1.29, 1.82) is 0 Å². The maximum absolute atomic E-state index is 13.6. The molecule has 2 aliphatic heterocycles. The lowest BCUT2D eigenvalue weighted by Gasteiger charge is -2.29. The summed E-state index contributed by atoms with van der Waals surface area (Å²) in [6.45, 7) is -0.123. The first kappa shape index (κ1) is 44.9. The predicted octanol–water partition coefficient (Wildman–Crippen LogP) is 1.74. The second kappa shape index (κ2) is 22.2. The molecule has 2 fully saturated rings. The molecule has 0 aliphatic carbocycles. The molecule has 4 amide bonds. The minimum atomic E-state index is -3.39. The summed E-state index contributed by atoms with van der Waals surface area (Å²) in [6, 6.07) is 12.6. The van der Waals surface area contributed by atoms with Crippen LogP contribution < -0.4 is 21.3 Å². The zero-order valence-electron chi connectivity index (χ0n) is 31.1. The number of epoxide rings is 1. The minimum Gasteiger partial charge on any atom is -0.379 e. The standard InChI is InChI=1S/C30H41F4N5O9.C7H8/c1-17(24(41)30(3)16-47-30)35-25(42)20(13-19-7-5-4-6-8-19)37-27(44)23(18(2)48-29(33)34)38-26(43)21(15-46-28(31)32)36-22(40)14-39-9-11-45-12-10-39;1-7-5-3-2-4-6-7/h4-8,17-18,20-21,23,28-29H,9-16H2,1-3H3,(H,35,42)(H,36,40)(H,37,44)(H,38,43);2-6H,1H3/t17?,18-,20+,21+,23?,30-;/m1./s1. The highest BCUT2D eigenvalue weighted by Crippen LogP contribution is 2.28. The van der Waals surface area contributed by atoms with E-state index in [1.54, 1.807) is 42.2 Å². The van der Waals surface area contributed by atoms with Crippen LogP contribution in [0.5, 0.6) is 0 Å². The van der Waals surface area contributed by atoms with Gasteiger partial charge in [0.1, 0.15) is 23.7 Å². The summed E-state index contributed by atoms with van der Waals surface area (Å²) in [5.41, 5.74) is 0.853. The molecule has 18 heteroatoms. The Labute approximate surface area is 316 Å². The zero-order chi connectivity index (χ0) is 40.5. The molecule has 0 saturated carbocycles. The fraction of sp³-hybridized carbons (Fsp3) is 0.541. The Balaban J connectivity index is 0.00000104. The number of alkyl halides is 4. The third kappa shape index (κ3) is 16.0. The number of morpholine rings is 1. The number of benzene rings is 2. The molecule has 4 rings (SSSR count). The fourth-order valence-corrected chi connectivity index (χ4v) is 5.39. The number of aryl methyl sites for hydroxylation is 1. The van der Waals surface area contributed by atoms with Crippen molar-refractivity contribution in [3.05, 3.63) is 71.8 Å². The molecule has 2 aliphatic rings. The van der Waals surface area contributed by atoms with Crippen LogP contribution >= 0.6 is 0 Å². The smallest absolute Gasteiger partial charge is 0.345 e. The van der Waals surface area contributed by atoms with Crippen LogP contribution in [-0.4, -0.2) is 129 Å². The van der Waals surface area contributed by atoms with Crippen molar-refractivity contribution < 1.29 is 60.5 Å². The summed E-state index contributed by atoms with van der Waals surface area (Å²) in [4.78, 5) is 67.3. The van der Waals surface area contributed by atoms with Crippen molar-refractivity contribution in [3.63, 3.8) is 0 Å². The number of carbonyl (C=O) groups excluding carboxylic acids is 5. The summed E-state index contributed by atoms with van der Waals surface area (Å²) in [5, 5.41) is 9.37. The molecule has 2 unspecified atom stereocenters. The van der Waals surface area contributed by atoms with E-state index in [0.717, 1.165) is 6.92 Å². The molecular weight excluding hydrogens is 734 g/mol. The number of halogens is 4. The van der Waals surface area contributed by atoms with Gasteiger partial charge < -0.3 is 40.2 Å².